The fourth-order valence-electron chi connectivity index (χ4n) is 8.96. The minimum absolute atomic E-state index is 0.00214. The molecule has 0 spiro atoms. The van der Waals surface area contributed by atoms with Crippen molar-refractivity contribution >= 4 is 43.6 Å². The standard InChI is InChI=1S/C54H30F9N5/c55-52(56,57)34-20-24-46-40(28-34)37-15-7-9-17-43(37)67(46)45-23-19-33(51-65-49(31-11-3-1-4-12-31)64-50(66-51)32-13-5-2-6-14-32)27-39(45)42-30-36(54(61,62)63)22-26-48(42)68-44-18-10-8-16-38(44)41-29-35(53(58,59)60)21-25-47(41)68/h1-30H. The number of rotatable bonds is 6. The summed E-state index contributed by atoms with van der Waals surface area (Å²) in [4.78, 5) is 14.6. The number of fused-ring (bicyclic) bond motifs is 6. The maximum Gasteiger partial charge on any atom is 0.416 e. The highest BCUT2D eigenvalue weighted by molar-refractivity contribution is 6.12. The summed E-state index contributed by atoms with van der Waals surface area (Å²) in [7, 11) is 0. The highest BCUT2D eigenvalue weighted by Crippen LogP contribution is 2.46. The summed E-state index contributed by atoms with van der Waals surface area (Å²) in [5.41, 5.74) is 0.960. The van der Waals surface area contributed by atoms with Gasteiger partial charge in [0, 0.05) is 49.4 Å². The fraction of sp³-hybridized carbons (Fsp3) is 0.0556. The number of halogens is 9. The zero-order chi connectivity index (χ0) is 47.1. The molecule has 0 bridgehead atoms. The Morgan fingerprint density at radius 1 is 0.294 bits per heavy atom. The van der Waals surface area contributed by atoms with Gasteiger partial charge >= 0.3 is 18.5 Å². The zero-order valence-electron chi connectivity index (χ0n) is 35.0. The van der Waals surface area contributed by atoms with Crippen LogP contribution in [-0.2, 0) is 18.5 Å². The molecule has 0 aliphatic rings. The highest BCUT2D eigenvalue weighted by Gasteiger charge is 2.35. The molecule has 334 valence electrons. The maximum absolute atomic E-state index is 15.1. The lowest BCUT2D eigenvalue weighted by Gasteiger charge is -2.21. The lowest BCUT2D eigenvalue weighted by atomic mass is 9.96. The number of benzene rings is 8. The molecule has 68 heavy (non-hydrogen) atoms. The van der Waals surface area contributed by atoms with Crippen molar-refractivity contribution in [1.29, 1.82) is 0 Å². The summed E-state index contributed by atoms with van der Waals surface area (Å²) in [6.45, 7) is 0. The minimum atomic E-state index is -4.86. The van der Waals surface area contributed by atoms with Gasteiger partial charge in [-0.2, -0.15) is 39.5 Å². The first-order valence-electron chi connectivity index (χ1n) is 21.1. The van der Waals surface area contributed by atoms with Gasteiger partial charge in [0.05, 0.1) is 50.1 Å². The fourth-order valence-corrected chi connectivity index (χ4v) is 8.96. The molecule has 0 aliphatic heterocycles. The molecule has 3 aromatic heterocycles. The molecule has 0 unspecified atom stereocenters. The van der Waals surface area contributed by atoms with Crippen molar-refractivity contribution in [2.75, 3.05) is 0 Å². The monoisotopic (exact) mass is 919 g/mol. The van der Waals surface area contributed by atoms with Gasteiger partial charge in [-0.15, -0.1) is 0 Å². The van der Waals surface area contributed by atoms with Crippen LogP contribution in [0.2, 0.25) is 0 Å². The van der Waals surface area contributed by atoms with Crippen LogP contribution in [-0.4, -0.2) is 24.1 Å². The van der Waals surface area contributed by atoms with Crippen LogP contribution in [0.1, 0.15) is 16.7 Å². The molecule has 0 amide bonds. The van der Waals surface area contributed by atoms with Crippen LogP contribution < -0.4 is 0 Å². The number of hydrogen-bond donors (Lipinski definition) is 0. The Balaban J connectivity index is 1.26. The molecule has 3 heterocycles. The van der Waals surface area contributed by atoms with Gasteiger partial charge in [-0.1, -0.05) is 97.1 Å². The Morgan fingerprint density at radius 3 is 1.10 bits per heavy atom. The summed E-state index contributed by atoms with van der Waals surface area (Å²) < 4.78 is 134. The lowest BCUT2D eigenvalue weighted by molar-refractivity contribution is -0.138. The molecule has 0 radical (unpaired) electrons. The molecular formula is C54H30F9N5. The molecule has 5 nitrogen and oxygen atoms in total. The van der Waals surface area contributed by atoms with E-state index in [2.05, 4.69) is 0 Å². The summed E-state index contributed by atoms with van der Waals surface area (Å²) in [6.07, 6.45) is -14.2. The number of hydrogen-bond acceptors (Lipinski definition) is 3. The Kier molecular flexibility index (Phi) is 9.78. The van der Waals surface area contributed by atoms with Crippen LogP contribution in [0.4, 0.5) is 39.5 Å². The van der Waals surface area contributed by atoms with E-state index in [9.17, 15) is 26.3 Å². The van der Waals surface area contributed by atoms with Crippen LogP contribution in [0, 0.1) is 0 Å². The van der Waals surface area contributed by atoms with E-state index in [1.54, 1.807) is 75.9 Å². The first-order chi connectivity index (χ1) is 32.6. The van der Waals surface area contributed by atoms with Crippen molar-refractivity contribution in [2.45, 2.75) is 18.5 Å². The molecule has 0 atom stereocenters. The molecular weight excluding hydrogens is 890 g/mol. The molecule has 0 N–H and O–H groups in total. The maximum atomic E-state index is 15.1. The van der Waals surface area contributed by atoms with E-state index < -0.39 is 35.2 Å². The van der Waals surface area contributed by atoms with Gasteiger partial charge in [0.1, 0.15) is 0 Å². The highest BCUT2D eigenvalue weighted by atomic mass is 19.4. The first-order valence-corrected chi connectivity index (χ1v) is 21.1. The van der Waals surface area contributed by atoms with Gasteiger partial charge in [-0.05, 0) is 84.9 Å². The van der Waals surface area contributed by atoms with E-state index in [4.69, 9.17) is 15.0 Å². The average Bonchev–Trinajstić information content (AvgIpc) is 3.85. The third-order valence-electron chi connectivity index (χ3n) is 12.0. The van der Waals surface area contributed by atoms with Crippen molar-refractivity contribution in [2.24, 2.45) is 0 Å². The third kappa shape index (κ3) is 7.28. The Hall–Kier alpha value is -8.26. The van der Waals surface area contributed by atoms with Gasteiger partial charge in [0.25, 0.3) is 0 Å². The summed E-state index contributed by atoms with van der Waals surface area (Å²) in [6, 6.07) is 46.5. The van der Waals surface area contributed by atoms with Crippen LogP contribution >= 0.6 is 0 Å². The van der Waals surface area contributed by atoms with Gasteiger partial charge < -0.3 is 9.13 Å². The van der Waals surface area contributed by atoms with E-state index in [-0.39, 0.29) is 44.6 Å². The number of nitrogens with zero attached hydrogens (tertiary/aromatic N) is 5. The van der Waals surface area contributed by atoms with Crippen LogP contribution in [0.3, 0.4) is 0 Å². The van der Waals surface area contributed by atoms with Crippen molar-refractivity contribution in [3.05, 3.63) is 199 Å². The molecule has 0 saturated carbocycles. The van der Waals surface area contributed by atoms with E-state index in [0.29, 0.717) is 55.7 Å². The molecule has 8 aromatic carbocycles. The molecule has 0 saturated heterocycles. The van der Waals surface area contributed by atoms with Crippen LogP contribution in [0.25, 0.3) is 100 Å². The number of para-hydroxylation sites is 2. The molecule has 11 aromatic rings. The normalized spacial score (nSPS) is 12.5. The van der Waals surface area contributed by atoms with Gasteiger partial charge in [0.15, 0.2) is 17.5 Å². The summed E-state index contributed by atoms with van der Waals surface area (Å²) in [5.74, 6) is 0.782. The quantitative estimate of drug-likeness (QED) is 0.156. The van der Waals surface area contributed by atoms with Gasteiger partial charge in [0.2, 0.25) is 0 Å². The minimum Gasteiger partial charge on any atom is -0.309 e. The smallest absolute Gasteiger partial charge is 0.309 e. The van der Waals surface area contributed by atoms with Crippen molar-refractivity contribution in [3.63, 3.8) is 0 Å². The predicted octanol–water partition coefficient (Wildman–Crippen LogP) is 15.8. The second kappa shape index (κ2) is 15.7. The Labute approximate surface area is 380 Å². The average molecular weight is 920 g/mol. The third-order valence-corrected chi connectivity index (χ3v) is 12.0. The predicted molar refractivity (Wildman–Crippen MR) is 245 cm³/mol. The Morgan fingerprint density at radius 2 is 0.647 bits per heavy atom. The second-order valence-corrected chi connectivity index (χ2v) is 16.2. The SMILES string of the molecule is FC(F)(F)c1ccc(-n2c3ccccc3c3cc(C(F)(F)F)ccc32)c(-c2cc(-c3nc(-c4ccccc4)nc(-c4ccccc4)n3)ccc2-n2c3ccccc3c3cc(C(F)(F)F)ccc32)c1. The lowest BCUT2D eigenvalue weighted by Crippen LogP contribution is -2.08. The van der Waals surface area contributed by atoms with Gasteiger partial charge in [-0.25, -0.2) is 15.0 Å². The molecule has 0 aliphatic carbocycles. The van der Waals surface area contributed by atoms with Crippen molar-refractivity contribution in [1.82, 2.24) is 24.1 Å². The van der Waals surface area contributed by atoms with Crippen molar-refractivity contribution in [3.8, 4) is 56.7 Å². The van der Waals surface area contributed by atoms with Crippen molar-refractivity contribution < 1.29 is 39.5 Å². The van der Waals surface area contributed by atoms with E-state index in [0.717, 1.165) is 36.4 Å². The van der Waals surface area contributed by atoms with E-state index in [1.807, 2.05) is 60.7 Å². The summed E-state index contributed by atoms with van der Waals surface area (Å²) in [5, 5.41) is 1.33. The molecule has 14 heteroatoms. The zero-order valence-corrected chi connectivity index (χ0v) is 35.0. The molecule has 11 rings (SSSR count). The Bertz CT molecular complexity index is 3700. The summed E-state index contributed by atoms with van der Waals surface area (Å²) >= 11 is 0. The van der Waals surface area contributed by atoms with Crippen LogP contribution in [0.5, 0.6) is 0 Å². The number of alkyl halides is 9. The van der Waals surface area contributed by atoms with Crippen LogP contribution in [0.15, 0.2) is 182 Å². The molecule has 0 fully saturated rings. The van der Waals surface area contributed by atoms with E-state index in [1.165, 1.54) is 18.2 Å². The second-order valence-electron chi connectivity index (χ2n) is 16.2. The first kappa shape index (κ1) is 42.4. The topological polar surface area (TPSA) is 48.5 Å². The largest absolute Gasteiger partial charge is 0.416 e. The van der Waals surface area contributed by atoms with E-state index >= 15 is 13.2 Å². The number of aromatic nitrogens is 5. The van der Waals surface area contributed by atoms with Gasteiger partial charge in [-0.3, -0.25) is 0 Å².